The average molecular weight is 426 g/mol. The van der Waals surface area contributed by atoms with Gasteiger partial charge < -0.3 is 25.6 Å². The second-order valence-electron chi connectivity index (χ2n) is 7.21. The number of alkyl halides is 3. The predicted molar refractivity (Wildman–Crippen MR) is 106 cm³/mol. The largest absolute Gasteiger partial charge is 0.463 e. The molecule has 2 aliphatic rings. The van der Waals surface area contributed by atoms with Crippen LogP contribution in [0.5, 0.6) is 0 Å². The normalized spacial score (nSPS) is 19.4. The van der Waals surface area contributed by atoms with Crippen molar-refractivity contribution in [1.82, 2.24) is 10.6 Å². The van der Waals surface area contributed by atoms with Gasteiger partial charge in [0.1, 0.15) is 0 Å². The van der Waals surface area contributed by atoms with Crippen LogP contribution in [0.3, 0.4) is 0 Å². The highest BCUT2D eigenvalue weighted by molar-refractivity contribution is 5.95. The Morgan fingerprint density at radius 2 is 2.00 bits per heavy atom. The molecule has 2 amide bonds. The highest BCUT2D eigenvalue weighted by Crippen LogP contribution is 2.36. The quantitative estimate of drug-likeness (QED) is 0.609. The van der Waals surface area contributed by atoms with Crippen LogP contribution in [-0.4, -0.2) is 44.3 Å². The molecule has 3 N–H and O–H groups in total. The highest BCUT2D eigenvalue weighted by Gasteiger charge is 2.33. The third-order valence-electron chi connectivity index (χ3n) is 5.09. The minimum absolute atomic E-state index is 0.0337. The lowest BCUT2D eigenvalue weighted by molar-refractivity contribution is -0.139. The van der Waals surface area contributed by atoms with Gasteiger partial charge in [0.2, 0.25) is 0 Å². The number of carbonyl (C=O) groups is 2. The monoisotopic (exact) mass is 426 g/mol. The zero-order valence-corrected chi connectivity index (χ0v) is 16.9. The number of rotatable bonds is 6. The first kappa shape index (κ1) is 21.8. The Morgan fingerprint density at radius 3 is 2.63 bits per heavy atom. The molecule has 1 atom stereocenters. The molecule has 10 heteroatoms. The SMILES string of the molecule is CCOC(=O)C1=C(CNc2cc(C(F)(F)F)ccc2N2CCCC2)NC(=O)N[C@@H]1C. The lowest BCUT2D eigenvalue weighted by Crippen LogP contribution is -2.50. The molecular formula is C20H25F3N4O3. The van der Waals surface area contributed by atoms with E-state index in [1.807, 2.05) is 4.90 Å². The Kier molecular flexibility index (Phi) is 6.42. The van der Waals surface area contributed by atoms with Crippen LogP contribution < -0.4 is 20.9 Å². The number of carbonyl (C=O) groups excluding carboxylic acids is 2. The van der Waals surface area contributed by atoms with E-state index < -0.39 is 29.8 Å². The number of urea groups is 1. The van der Waals surface area contributed by atoms with Crippen molar-refractivity contribution < 1.29 is 27.5 Å². The zero-order chi connectivity index (χ0) is 21.9. The molecule has 2 aliphatic heterocycles. The lowest BCUT2D eigenvalue weighted by Gasteiger charge is -2.28. The Balaban J connectivity index is 1.92. The molecule has 0 radical (unpaired) electrons. The number of hydrogen-bond acceptors (Lipinski definition) is 5. The zero-order valence-electron chi connectivity index (χ0n) is 16.9. The van der Waals surface area contributed by atoms with E-state index in [9.17, 15) is 22.8 Å². The van der Waals surface area contributed by atoms with Crippen LogP contribution >= 0.6 is 0 Å². The van der Waals surface area contributed by atoms with Crippen LogP contribution in [0.4, 0.5) is 29.3 Å². The molecule has 2 heterocycles. The number of esters is 1. The smallest absolute Gasteiger partial charge is 0.416 e. The summed E-state index contributed by atoms with van der Waals surface area (Å²) in [5.41, 5.74) is 0.693. The molecule has 0 bridgehead atoms. The van der Waals surface area contributed by atoms with Crippen molar-refractivity contribution >= 4 is 23.4 Å². The molecule has 0 saturated carbocycles. The predicted octanol–water partition coefficient (Wildman–Crippen LogP) is 3.24. The molecule has 0 aromatic heterocycles. The molecule has 7 nitrogen and oxygen atoms in total. The highest BCUT2D eigenvalue weighted by atomic mass is 19.4. The molecule has 0 aliphatic carbocycles. The van der Waals surface area contributed by atoms with Crippen LogP contribution in [0.1, 0.15) is 32.3 Å². The Morgan fingerprint density at radius 1 is 1.30 bits per heavy atom. The van der Waals surface area contributed by atoms with Crippen molar-refractivity contribution in [2.45, 2.75) is 38.9 Å². The summed E-state index contributed by atoms with van der Waals surface area (Å²) in [6, 6.07) is 2.51. The number of nitrogens with one attached hydrogen (secondary N) is 3. The first-order valence-corrected chi connectivity index (χ1v) is 9.88. The molecule has 164 valence electrons. The van der Waals surface area contributed by atoms with Gasteiger partial charge in [-0.1, -0.05) is 0 Å². The minimum Gasteiger partial charge on any atom is -0.463 e. The maximum atomic E-state index is 13.2. The third kappa shape index (κ3) is 4.80. The van der Waals surface area contributed by atoms with E-state index in [0.717, 1.165) is 38.1 Å². The van der Waals surface area contributed by atoms with Crippen molar-refractivity contribution in [1.29, 1.82) is 0 Å². The summed E-state index contributed by atoms with van der Waals surface area (Å²) in [6.45, 7) is 4.96. The van der Waals surface area contributed by atoms with E-state index in [1.54, 1.807) is 13.8 Å². The average Bonchev–Trinajstić information content (AvgIpc) is 3.19. The Hall–Kier alpha value is -2.91. The Bertz CT molecular complexity index is 848. The van der Waals surface area contributed by atoms with E-state index in [2.05, 4.69) is 16.0 Å². The summed E-state index contributed by atoms with van der Waals surface area (Å²) < 4.78 is 44.8. The van der Waals surface area contributed by atoms with Gasteiger partial charge in [0.05, 0.1) is 47.4 Å². The summed E-state index contributed by atoms with van der Waals surface area (Å²) in [5.74, 6) is -0.585. The number of amides is 2. The molecule has 1 fully saturated rings. The molecular weight excluding hydrogens is 401 g/mol. The Labute approximate surface area is 172 Å². The fourth-order valence-corrected chi connectivity index (χ4v) is 3.69. The van der Waals surface area contributed by atoms with E-state index in [0.29, 0.717) is 11.4 Å². The van der Waals surface area contributed by atoms with Crippen molar-refractivity contribution in [2.75, 3.05) is 36.5 Å². The van der Waals surface area contributed by atoms with Crippen molar-refractivity contribution in [3.05, 3.63) is 35.0 Å². The third-order valence-corrected chi connectivity index (χ3v) is 5.09. The standard InChI is InChI=1S/C20H25F3N4O3/c1-3-30-18(28)17-12(2)25-19(29)26-15(17)11-24-14-10-13(20(21,22)23)6-7-16(14)27-8-4-5-9-27/h6-7,10,12,24H,3-5,8-9,11H2,1-2H3,(H2,25,26,29)/t12-/m1/s1. The second-order valence-corrected chi connectivity index (χ2v) is 7.21. The topological polar surface area (TPSA) is 82.7 Å². The van der Waals surface area contributed by atoms with Crippen LogP contribution in [0.2, 0.25) is 0 Å². The lowest BCUT2D eigenvalue weighted by atomic mass is 10.0. The number of anilines is 2. The minimum atomic E-state index is -4.48. The van der Waals surface area contributed by atoms with Gasteiger partial charge in [0, 0.05) is 13.1 Å². The number of ether oxygens (including phenoxy) is 1. The number of benzene rings is 1. The fraction of sp³-hybridized carbons (Fsp3) is 0.500. The van der Waals surface area contributed by atoms with Crippen molar-refractivity contribution in [2.24, 2.45) is 0 Å². The number of hydrogen-bond donors (Lipinski definition) is 3. The first-order chi connectivity index (χ1) is 14.2. The molecule has 1 aromatic rings. The molecule has 3 rings (SSSR count). The van der Waals surface area contributed by atoms with E-state index in [4.69, 9.17) is 4.74 Å². The summed E-state index contributed by atoms with van der Waals surface area (Å²) in [4.78, 5) is 26.3. The van der Waals surface area contributed by atoms with Crippen LogP contribution in [-0.2, 0) is 15.7 Å². The maximum Gasteiger partial charge on any atom is 0.416 e. The molecule has 1 saturated heterocycles. The number of halogens is 3. The number of nitrogens with zero attached hydrogens (tertiary/aromatic N) is 1. The van der Waals surface area contributed by atoms with Gasteiger partial charge in [-0.3, -0.25) is 0 Å². The first-order valence-electron chi connectivity index (χ1n) is 9.88. The van der Waals surface area contributed by atoms with Gasteiger partial charge in [-0.2, -0.15) is 13.2 Å². The van der Waals surface area contributed by atoms with Crippen molar-refractivity contribution in [3.63, 3.8) is 0 Å². The summed E-state index contributed by atoms with van der Waals surface area (Å²) in [6.07, 6.45) is -2.54. The molecule has 0 unspecified atom stereocenters. The van der Waals surface area contributed by atoms with E-state index in [-0.39, 0.29) is 24.4 Å². The van der Waals surface area contributed by atoms with Crippen LogP contribution in [0.15, 0.2) is 29.5 Å². The second kappa shape index (κ2) is 8.85. The van der Waals surface area contributed by atoms with E-state index in [1.165, 1.54) is 6.07 Å². The maximum absolute atomic E-state index is 13.2. The fourth-order valence-electron chi connectivity index (χ4n) is 3.69. The summed E-state index contributed by atoms with van der Waals surface area (Å²) in [5, 5.41) is 8.15. The molecule has 30 heavy (non-hydrogen) atoms. The summed E-state index contributed by atoms with van der Waals surface area (Å²) >= 11 is 0. The van der Waals surface area contributed by atoms with Gasteiger partial charge in [-0.25, -0.2) is 9.59 Å². The van der Waals surface area contributed by atoms with Crippen LogP contribution in [0, 0.1) is 0 Å². The molecule has 1 aromatic carbocycles. The van der Waals surface area contributed by atoms with Gasteiger partial charge in [0.15, 0.2) is 0 Å². The van der Waals surface area contributed by atoms with Gasteiger partial charge >= 0.3 is 18.2 Å². The van der Waals surface area contributed by atoms with Crippen molar-refractivity contribution in [3.8, 4) is 0 Å². The van der Waals surface area contributed by atoms with Gasteiger partial charge in [0.25, 0.3) is 0 Å². The van der Waals surface area contributed by atoms with E-state index >= 15 is 0 Å². The summed E-state index contributed by atoms with van der Waals surface area (Å²) in [7, 11) is 0. The van der Waals surface area contributed by atoms with Gasteiger partial charge in [-0.15, -0.1) is 0 Å². The van der Waals surface area contributed by atoms with Gasteiger partial charge in [-0.05, 0) is 44.9 Å². The molecule has 0 spiro atoms. The van der Waals surface area contributed by atoms with Crippen LogP contribution in [0.25, 0.3) is 0 Å².